The van der Waals surface area contributed by atoms with Gasteiger partial charge in [0.25, 0.3) is 0 Å². The SMILES string of the molecule is CCc1noc(CC)c1CNC(=NC)NCC(C)(C)c1cccs1. The molecule has 2 aromatic heterocycles. The fourth-order valence-electron chi connectivity index (χ4n) is 2.59. The molecule has 2 aromatic rings. The predicted molar refractivity (Wildman–Crippen MR) is 101 cm³/mol. The van der Waals surface area contributed by atoms with E-state index < -0.39 is 0 Å². The second-order valence-corrected chi connectivity index (χ2v) is 7.33. The van der Waals surface area contributed by atoms with Crippen molar-refractivity contribution in [2.24, 2.45) is 4.99 Å². The Labute approximate surface area is 148 Å². The van der Waals surface area contributed by atoms with Gasteiger partial charge in [0.1, 0.15) is 5.76 Å². The van der Waals surface area contributed by atoms with E-state index in [-0.39, 0.29) is 5.41 Å². The number of thiophene rings is 1. The van der Waals surface area contributed by atoms with Gasteiger partial charge in [0.15, 0.2) is 5.96 Å². The van der Waals surface area contributed by atoms with Crippen LogP contribution in [0.1, 0.15) is 49.6 Å². The van der Waals surface area contributed by atoms with Crippen LogP contribution >= 0.6 is 11.3 Å². The zero-order valence-corrected chi connectivity index (χ0v) is 16.1. The van der Waals surface area contributed by atoms with Crippen LogP contribution in [0.5, 0.6) is 0 Å². The summed E-state index contributed by atoms with van der Waals surface area (Å²) in [6.07, 6.45) is 1.72. The standard InChI is InChI=1S/C18H28N4OS/c1-6-14-13(15(7-2)23-22-14)11-20-17(19-5)21-12-18(3,4)16-9-8-10-24-16/h8-10H,6-7,11-12H2,1-5H3,(H2,19,20,21). The third kappa shape index (κ3) is 4.38. The molecule has 132 valence electrons. The van der Waals surface area contributed by atoms with Crippen molar-refractivity contribution in [2.45, 2.75) is 52.5 Å². The summed E-state index contributed by atoms with van der Waals surface area (Å²) in [5.74, 6) is 1.75. The summed E-state index contributed by atoms with van der Waals surface area (Å²) in [4.78, 5) is 5.70. The average molecular weight is 349 g/mol. The third-order valence-electron chi connectivity index (χ3n) is 4.15. The van der Waals surface area contributed by atoms with E-state index in [9.17, 15) is 0 Å². The molecule has 2 N–H and O–H groups in total. The van der Waals surface area contributed by atoms with Crippen LogP contribution in [-0.2, 0) is 24.8 Å². The molecule has 0 radical (unpaired) electrons. The first-order valence-electron chi connectivity index (χ1n) is 8.46. The van der Waals surface area contributed by atoms with E-state index in [1.54, 1.807) is 18.4 Å². The summed E-state index contributed by atoms with van der Waals surface area (Å²) in [7, 11) is 1.79. The van der Waals surface area contributed by atoms with E-state index in [2.05, 4.69) is 66.0 Å². The van der Waals surface area contributed by atoms with E-state index >= 15 is 0 Å². The number of aromatic nitrogens is 1. The summed E-state index contributed by atoms with van der Waals surface area (Å²) in [5.41, 5.74) is 2.24. The van der Waals surface area contributed by atoms with Crippen molar-refractivity contribution in [3.05, 3.63) is 39.4 Å². The molecule has 0 fully saturated rings. The highest BCUT2D eigenvalue weighted by molar-refractivity contribution is 7.10. The highest BCUT2D eigenvalue weighted by Gasteiger charge is 2.22. The Morgan fingerprint density at radius 3 is 2.67 bits per heavy atom. The van der Waals surface area contributed by atoms with Gasteiger partial charge in [0.2, 0.25) is 0 Å². The molecule has 0 aliphatic carbocycles. The molecule has 2 rings (SSSR count). The van der Waals surface area contributed by atoms with Crippen molar-refractivity contribution in [3.63, 3.8) is 0 Å². The summed E-state index contributed by atoms with van der Waals surface area (Å²) in [6.45, 7) is 10.2. The zero-order chi connectivity index (χ0) is 17.6. The van der Waals surface area contributed by atoms with Crippen LogP contribution < -0.4 is 10.6 Å². The maximum Gasteiger partial charge on any atom is 0.191 e. The minimum absolute atomic E-state index is 0.0616. The molecule has 0 aliphatic rings. The van der Waals surface area contributed by atoms with Crippen LogP contribution in [0.3, 0.4) is 0 Å². The number of aliphatic imine (C=N–C) groups is 1. The van der Waals surface area contributed by atoms with Gasteiger partial charge in [-0.2, -0.15) is 0 Å². The van der Waals surface area contributed by atoms with Gasteiger partial charge in [-0.05, 0) is 17.9 Å². The molecule has 5 nitrogen and oxygen atoms in total. The summed E-state index contributed by atoms with van der Waals surface area (Å²) in [6, 6.07) is 4.28. The first-order chi connectivity index (χ1) is 11.5. The zero-order valence-electron chi connectivity index (χ0n) is 15.3. The Balaban J connectivity index is 1.95. The first-order valence-corrected chi connectivity index (χ1v) is 9.34. The molecular formula is C18H28N4OS. The number of guanidine groups is 1. The normalized spacial score (nSPS) is 12.5. The van der Waals surface area contributed by atoms with Crippen molar-refractivity contribution in [1.82, 2.24) is 15.8 Å². The van der Waals surface area contributed by atoms with E-state index in [1.807, 2.05) is 0 Å². The lowest BCUT2D eigenvalue weighted by Gasteiger charge is -2.25. The third-order valence-corrected chi connectivity index (χ3v) is 5.38. The number of nitrogens with zero attached hydrogens (tertiary/aromatic N) is 2. The number of aryl methyl sites for hydroxylation is 2. The Bertz CT molecular complexity index is 637. The molecule has 0 saturated heterocycles. The maximum absolute atomic E-state index is 5.42. The molecule has 0 aromatic carbocycles. The van der Waals surface area contributed by atoms with E-state index in [1.165, 1.54) is 4.88 Å². The van der Waals surface area contributed by atoms with E-state index in [0.717, 1.165) is 42.4 Å². The van der Waals surface area contributed by atoms with Crippen molar-refractivity contribution in [1.29, 1.82) is 0 Å². The first kappa shape index (κ1) is 18.5. The Morgan fingerprint density at radius 2 is 2.08 bits per heavy atom. The van der Waals surface area contributed by atoms with Gasteiger partial charge in [-0.25, -0.2) is 0 Å². The second-order valence-electron chi connectivity index (χ2n) is 6.38. The lowest BCUT2D eigenvalue weighted by Crippen LogP contribution is -2.43. The molecule has 0 atom stereocenters. The fraction of sp³-hybridized carbons (Fsp3) is 0.556. The Morgan fingerprint density at radius 1 is 1.29 bits per heavy atom. The highest BCUT2D eigenvalue weighted by Crippen LogP contribution is 2.26. The van der Waals surface area contributed by atoms with Gasteiger partial charge in [0, 0.05) is 42.4 Å². The lowest BCUT2D eigenvalue weighted by atomic mass is 9.91. The number of hydrogen-bond acceptors (Lipinski definition) is 4. The molecule has 2 heterocycles. The molecule has 24 heavy (non-hydrogen) atoms. The molecule has 0 aliphatic heterocycles. The van der Waals surface area contributed by atoms with Crippen molar-refractivity contribution in [3.8, 4) is 0 Å². The minimum Gasteiger partial charge on any atom is -0.361 e. The van der Waals surface area contributed by atoms with Gasteiger partial charge >= 0.3 is 0 Å². The van der Waals surface area contributed by atoms with Crippen LogP contribution in [0.15, 0.2) is 27.0 Å². The molecule has 0 saturated carbocycles. The fourth-order valence-corrected chi connectivity index (χ4v) is 3.44. The lowest BCUT2D eigenvalue weighted by molar-refractivity contribution is 0.380. The molecular weight excluding hydrogens is 320 g/mol. The smallest absolute Gasteiger partial charge is 0.191 e. The quantitative estimate of drug-likeness (QED) is 0.594. The monoisotopic (exact) mass is 348 g/mol. The van der Waals surface area contributed by atoms with Gasteiger partial charge in [-0.15, -0.1) is 11.3 Å². The van der Waals surface area contributed by atoms with Crippen molar-refractivity contribution >= 4 is 17.3 Å². The number of nitrogens with one attached hydrogen (secondary N) is 2. The summed E-state index contributed by atoms with van der Waals surface area (Å²) >= 11 is 1.79. The van der Waals surface area contributed by atoms with Gasteiger partial charge in [-0.3, -0.25) is 4.99 Å². The largest absolute Gasteiger partial charge is 0.361 e. The van der Waals surface area contributed by atoms with Crippen LogP contribution in [0.4, 0.5) is 0 Å². The summed E-state index contributed by atoms with van der Waals surface area (Å²) in [5, 5.41) is 13.1. The van der Waals surface area contributed by atoms with Crippen LogP contribution in [-0.4, -0.2) is 24.7 Å². The van der Waals surface area contributed by atoms with Gasteiger partial charge in [-0.1, -0.05) is 38.9 Å². The highest BCUT2D eigenvalue weighted by atomic mass is 32.1. The van der Waals surface area contributed by atoms with Crippen molar-refractivity contribution < 1.29 is 4.52 Å². The van der Waals surface area contributed by atoms with Crippen LogP contribution in [0, 0.1) is 0 Å². The van der Waals surface area contributed by atoms with Gasteiger partial charge < -0.3 is 15.2 Å². The number of hydrogen-bond donors (Lipinski definition) is 2. The topological polar surface area (TPSA) is 62.5 Å². The summed E-state index contributed by atoms with van der Waals surface area (Å²) < 4.78 is 5.42. The van der Waals surface area contributed by atoms with E-state index in [4.69, 9.17) is 4.52 Å². The average Bonchev–Trinajstić information content (AvgIpc) is 3.24. The molecule has 0 bridgehead atoms. The number of rotatable bonds is 7. The molecule has 0 amide bonds. The molecule has 0 spiro atoms. The molecule has 0 unspecified atom stereocenters. The molecule has 6 heteroatoms. The predicted octanol–water partition coefficient (Wildman–Crippen LogP) is 3.50. The van der Waals surface area contributed by atoms with Crippen LogP contribution in [0.2, 0.25) is 0 Å². The van der Waals surface area contributed by atoms with Crippen LogP contribution in [0.25, 0.3) is 0 Å². The Kier molecular flexibility index (Phi) is 6.43. The minimum atomic E-state index is 0.0616. The van der Waals surface area contributed by atoms with E-state index in [0.29, 0.717) is 6.54 Å². The second kappa shape index (κ2) is 8.33. The Hall–Kier alpha value is -1.82. The van der Waals surface area contributed by atoms with Gasteiger partial charge in [0.05, 0.1) is 5.69 Å². The maximum atomic E-state index is 5.42. The van der Waals surface area contributed by atoms with Crippen molar-refractivity contribution in [2.75, 3.05) is 13.6 Å².